The van der Waals surface area contributed by atoms with Crippen molar-refractivity contribution in [2.24, 2.45) is 5.73 Å². The van der Waals surface area contributed by atoms with Crippen molar-refractivity contribution >= 4 is 23.2 Å². The average molecular weight is 570 g/mol. The number of primary amides is 1. The first-order valence-electron chi connectivity index (χ1n) is 15.0. The fourth-order valence-electron chi connectivity index (χ4n) is 6.28. The Bertz CT molecular complexity index is 1040. The van der Waals surface area contributed by atoms with Crippen LogP contribution >= 0.6 is 0 Å². The molecule has 4 unspecified atom stereocenters. The summed E-state index contributed by atoms with van der Waals surface area (Å²) in [4.78, 5) is 31.0. The van der Waals surface area contributed by atoms with Crippen LogP contribution in [0.5, 0.6) is 0 Å². The van der Waals surface area contributed by atoms with E-state index in [1.54, 1.807) is 4.90 Å². The number of likely N-dealkylation sites (tertiary alicyclic amines) is 1. The van der Waals surface area contributed by atoms with E-state index in [-0.39, 0.29) is 24.3 Å². The first-order valence-corrected chi connectivity index (χ1v) is 15.0. The Morgan fingerprint density at radius 2 is 1.68 bits per heavy atom. The number of nitrogens with one attached hydrogen (secondary N) is 3. The predicted octanol–water partition coefficient (Wildman–Crippen LogP) is -0.336. The summed E-state index contributed by atoms with van der Waals surface area (Å²) in [5.41, 5.74) is 7.90. The maximum absolute atomic E-state index is 12.4. The van der Waals surface area contributed by atoms with Crippen LogP contribution in [0.1, 0.15) is 19.8 Å². The maximum Gasteiger partial charge on any atom is 0.246 e. The lowest BCUT2D eigenvalue weighted by Crippen LogP contribution is -2.72. The van der Waals surface area contributed by atoms with Gasteiger partial charge in [0.1, 0.15) is 18.4 Å². The lowest BCUT2D eigenvalue weighted by Gasteiger charge is -2.44. The molecule has 12 nitrogen and oxygen atoms in total. The van der Waals surface area contributed by atoms with Crippen molar-refractivity contribution in [3.8, 4) is 0 Å². The van der Waals surface area contributed by atoms with Crippen LogP contribution in [-0.4, -0.2) is 135 Å². The molecule has 0 bridgehead atoms. The normalized spacial score (nSPS) is 30.3. The molecule has 4 saturated heterocycles. The number of benzene rings is 1. The average Bonchev–Trinajstić information content (AvgIpc) is 3.46. The summed E-state index contributed by atoms with van der Waals surface area (Å²) in [7, 11) is 2.19. The SMILES string of the molecule is C=CC(=O)N1CC[C@@H](OC2NC(Nc3ccc(N4CCN(N5CCN(C)CC5)CC4)cc3)C(C(N)=O)NC2CC)C1. The Morgan fingerprint density at radius 3 is 2.29 bits per heavy atom. The molecule has 4 fully saturated rings. The molecule has 0 radical (unpaired) electrons. The Morgan fingerprint density at radius 1 is 1.02 bits per heavy atom. The van der Waals surface area contributed by atoms with E-state index < -0.39 is 18.1 Å². The van der Waals surface area contributed by atoms with Crippen molar-refractivity contribution in [3.63, 3.8) is 0 Å². The van der Waals surface area contributed by atoms with Crippen LogP contribution < -0.4 is 26.6 Å². The van der Waals surface area contributed by atoms with Gasteiger partial charge in [0.2, 0.25) is 11.8 Å². The fraction of sp³-hybridized carbons (Fsp3) is 0.655. The molecule has 1 aromatic rings. The fourth-order valence-corrected chi connectivity index (χ4v) is 6.28. The monoisotopic (exact) mass is 569 g/mol. The third kappa shape index (κ3) is 7.19. The summed E-state index contributed by atoms with van der Waals surface area (Å²) in [5.74, 6) is -0.503. The number of ether oxygens (including phenoxy) is 1. The number of piperazine rings is 3. The molecule has 0 saturated carbocycles. The van der Waals surface area contributed by atoms with Gasteiger partial charge >= 0.3 is 0 Å². The van der Waals surface area contributed by atoms with Crippen molar-refractivity contribution < 1.29 is 14.3 Å². The number of nitrogens with two attached hydrogens (primary N) is 1. The molecule has 0 aromatic heterocycles. The van der Waals surface area contributed by atoms with Gasteiger partial charge in [-0.3, -0.25) is 20.2 Å². The van der Waals surface area contributed by atoms with Gasteiger partial charge in [-0.2, -0.15) is 0 Å². The number of nitrogens with zero attached hydrogens (tertiary/aromatic N) is 5. The quantitative estimate of drug-likeness (QED) is 0.294. The standard InChI is InChI=1S/C29H47N9O3/c1-4-24-29(41-23-10-11-36(20-23)25(39)5-2)33-28(26(32-24)27(30)40)31-21-6-8-22(9-7-21)35-14-18-38(19-15-35)37-16-12-34(3)13-17-37/h5-9,23-24,26,28-29,31-33H,2,4,10-20H2,1,3H3,(H2,30,40)/t23-,24?,26?,28?,29?/m1/s1. The van der Waals surface area contributed by atoms with Gasteiger partial charge in [0, 0.05) is 82.9 Å². The summed E-state index contributed by atoms with van der Waals surface area (Å²) in [6, 6.07) is 7.68. The van der Waals surface area contributed by atoms with Gasteiger partial charge < -0.3 is 30.5 Å². The number of amides is 2. The zero-order valence-electron chi connectivity index (χ0n) is 24.5. The molecular formula is C29H47N9O3. The second-order valence-electron chi connectivity index (χ2n) is 11.6. The molecule has 5 rings (SSSR count). The maximum atomic E-state index is 12.4. The highest BCUT2D eigenvalue weighted by Crippen LogP contribution is 2.23. The van der Waals surface area contributed by atoms with Gasteiger partial charge in [0.25, 0.3) is 0 Å². The molecule has 4 aliphatic heterocycles. The largest absolute Gasteiger partial charge is 0.369 e. The van der Waals surface area contributed by atoms with E-state index in [9.17, 15) is 9.59 Å². The molecule has 4 aliphatic rings. The molecule has 4 heterocycles. The number of rotatable bonds is 9. The molecule has 5 N–H and O–H groups in total. The van der Waals surface area contributed by atoms with Crippen molar-refractivity contribution in [3.05, 3.63) is 36.9 Å². The summed E-state index contributed by atoms with van der Waals surface area (Å²) in [5, 5.41) is 15.4. The van der Waals surface area contributed by atoms with Crippen LogP contribution in [0.4, 0.5) is 11.4 Å². The topological polar surface area (TPSA) is 122 Å². The van der Waals surface area contributed by atoms with E-state index in [1.807, 2.05) is 6.92 Å². The van der Waals surface area contributed by atoms with Crippen molar-refractivity contribution in [1.29, 1.82) is 0 Å². The summed E-state index contributed by atoms with van der Waals surface area (Å²) in [6.45, 7) is 15.3. The molecule has 5 atom stereocenters. The minimum absolute atomic E-state index is 0.0773. The molecule has 1 aromatic carbocycles. The molecule has 12 heteroatoms. The van der Waals surface area contributed by atoms with Crippen molar-refractivity contribution in [2.45, 2.75) is 50.3 Å². The Hall–Kier alpha value is -2.74. The first kappa shape index (κ1) is 29.7. The van der Waals surface area contributed by atoms with E-state index in [4.69, 9.17) is 10.5 Å². The van der Waals surface area contributed by atoms with Crippen molar-refractivity contribution in [2.75, 3.05) is 82.7 Å². The Labute approximate surface area is 243 Å². The lowest BCUT2D eigenvalue weighted by molar-refractivity contribution is -0.128. The van der Waals surface area contributed by atoms with Crippen LogP contribution in [0, 0.1) is 0 Å². The van der Waals surface area contributed by atoms with E-state index in [2.05, 4.69) is 73.7 Å². The molecule has 226 valence electrons. The molecule has 0 aliphatic carbocycles. The highest BCUT2D eigenvalue weighted by Gasteiger charge is 2.40. The van der Waals surface area contributed by atoms with Crippen LogP contribution in [0.3, 0.4) is 0 Å². The number of likely N-dealkylation sites (N-methyl/N-ethyl adjacent to an activating group) is 1. The van der Waals surface area contributed by atoms with Crippen molar-refractivity contribution in [1.82, 2.24) is 30.5 Å². The highest BCUT2D eigenvalue weighted by molar-refractivity contribution is 5.87. The zero-order valence-corrected chi connectivity index (χ0v) is 24.5. The van der Waals surface area contributed by atoms with Gasteiger partial charge in [-0.15, -0.1) is 0 Å². The predicted molar refractivity (Wildman–Crippen MR) is 160 cm³/mol. The van der Waals surface area contributed by atoms with E-state index in [0.29, 0.717) is 13.1 Å². The van der Waals surface area contributed by atoms with Crippen LogP contribution in [-0.2, 0) is 14.3 Å². The first-order chi connectivity index (χ1) is 19.8. The summed E-state index contributed by atoms with van der Waals surface area (Å²) >= 11 is 0. The smallest absolute Gasteiger partial charge is 0.246 e. The third-order valence-electron chi connectivity index (χ3n) is 8.84. The van der Waals surface area contributed by atoms with Gasteiger partial charge in [-0.25, -0.2) is 10.0 Å². The van der Waals surface area contributed by atoms with Gasteiger partial charge in [0.15, 0.2) is 0 Å². The van der Waals surface area contributed by atoms with Crippen LogP contribution in [0.15, 0.2) is 36.9 Å². The highest BCUT2D eigenvalue weighted by atomic mass is 16.5. The molecule has 0 spiro atoms. The third-order valence-corrected chi connectivity index (χ3v) is 8.84. The Kier molecular flexibility index (Phi) is 9.79. The number of hydrazine groups is 1. The molecule has 41 heavy (non-hydrogen) atoms. The number of anilines is 2. The molecule has 2 amide bonds. The van der Waals surface area contributed by atoms with Crippen LogP contribution in [0.2, 0.25) is 0 Å². The van der Waals surface area contributed by atoms with E-state index in [1.165, 1.54) is 11.8 Å². The minimum Gasteiger partial charge on any atom is -0.369 e. The number of hydrogen-bond acceptors (Lipinski definition) is 10. The summed E-state index contributed by atoms with van der Waals surface area (Å²) in [6.07, 6.45) is 1.98. The van der Waals surface area contributed by atoms with E-state index >= 15 is 0 Å². The van der Waals surface area contributed by atoms with Gasteiger partial charge in [-0.05, 0) is 50.2 Å². The van der Waals surface area contributed by atoms with Gasteiger partial charge in [-0.1, -0.05) is 13.5 Å². The minimum atomic E-state index is -0.607. The lowest BCUT2D eigenvalue weighted by atomic mass is 10.0. The second kappa shape index (κ2) is 13.5. The Balaban J connectivity index is 1.17. The number of hydrogen-bond donors (Lipinski definition) is 4. The zero-order chi connectivity index (χ0) is 28.9. The number of carbonyl (C=O) groups excluding carboxylic acids is 2. The number of carbonyl (C=O) groups is 2. The van der Waals surface area contributed by atoms with E-state index in [0.717, 1.165) is 70.9 Å². The van der Waals surface area contributed by atoms with Gasteiger partial charge in [0.05, 0.1) is 6.10 Å². The summed E-state index contributed by atoms with van der Waals surface area (Å²) < 4.78 is 6.42. The van der Waals surface area contributed by atoms with Crippen LogP contribution in [0.25, 0.3) is 0 Å². The second-order valence-corrected chi connectivity index (χ2v) is 11.6. The molecular weight excluding hydrogens is 522 g/mol.